The third-order valence-electron chi connectivity index (χ3n) is 4.27. The quantitative estimate of drug-likeness (QED) is 0.544. The van der Waals surface area contributed by atoms with Gasteiger partial charge in [0.05, 0.1) is 26.7 Å². The summed E-state index contributed by atoms with van der Waals surface area (Å²) in [5.74, 6) is -1.96. The second kappa shape index (κ2) is 11.8. The molecular formula is C19H27NO8. The van der Waals surface area contributed by atoms with Gasteiger partial charge in [0, 0.05) is 12.1 Å². The molecule has 0 bridgehead atoms. The molecule has 0 amide bonds. The third kappa shape index (κ3) is 7.43. The minimum Gasteiger partial charge on any atom is -0.497 e. The zero-order valence-electron chi connectivity index (χ0n) is 16.3. The number of rotatable bonds is 6. The molecule has 0 radical (unpaired) electrons. The minimum atomic E-state index is -1.82. The van der Waals surface area contributed by atoms with E-state index in [0.29, 0.717) is 6.61 Å². The van der Waals surface area contributed by atoms with Crippen molar-refractivity contribution in [1.29, 1.82) is 0 Å². The number of carboxylic acids is 2. The highest BCUT2D eigenvalue weighted by molar-refractivity contribution is 6.27. The number of nitrogens with zero attached hydrogens (tertiary/aromatic N) is 1. The van der Waals surface area contributed by atoms with Crippen molar-refractivity contribution in [3.05, 3.63) is 23.8 Å². The van der Waals surface area contributed by atoms with Gasteiger partial charge in [-0.3, -0.25) is 9.69 Å². The van der Waals surface area contributed by atoms with Crippen molar-refractivity contribution in [2.75, 3.05) is 33.9 Å². The molecule has 0 saturated carbocycles. The maximum atomic E-state index is 11.8. The van der Waals surface area contributed by atoms with E-state index in [1.165, 1.54) is 0 Å². The highest BCUT2D eigenvalue weighted by Gasteiger charge is 2.26. The van der Waals surface area contributed by atoms with Crippen LogP contribution in [0, 0.1) is 5.92 Å². The van der Waals surface area contributed by atoms with Crippen molar-refractivity contribution in [3.8, 4) is 11.5 Å². The Labute approximate surface area is 163 Å². The first kappa shape index (κ1) is 23.2. The Morgan fingerprint density at radius 3 is 2.14 bits per heavy atom. The van der Waals surface area contributed by atoms with Gasteiger partial charge in [0.1, 0.15) is 11.5 Å². The molecule has 1 saturated heterocycles. The van der Waals surface area contributed by atoms with Crippen LogP contribution < -0.4 is 9.47 Å². The molecule has 0 unspecified atom stereocenters. The van der Waals surface area contributed by atoms with Crippen molar-refractivity contribution in [2.24, 2.45) is 5.92 Å². The average molecular weight is 397 g/mol. The molecule has 0 aliphatic carbocycles. The Bertz CT molecular complexity index is 656. The summed E-state index contributed by atoms with van der Waals surface area (Å²) >= 11 is 0. The van der Waals surface area contributed by atoms with Gasteiger partial charge >= 0.3 is 17.9 Å². The lowest BCUT2D eigenvalue weighted by molar-refractivity contribution is -0.159. The summed E-state index contributed by atoms with van der Waals surface area (Å²) in [4.78, 5) is 32.3. The lowest BCUT2D eigenvalue weighted by Crippen LogP contribution is -2.36. The van der Waals surface area contributed by atoms with Crippen LogP contribution in [0.4, 0.5) is 0 Å². The summed E-state index contributed by atoms with van der Waals surface area (Å²) in [6.45, 7) is 4.89. The molecule has 2 rings (SSSR count). The maximum Gasteiger partial charge on any atom is 0.414 e. The zero-order valence-corrected chi connectivity index (χ0v) is 16.3. The molecule has 0 aromatic heterocycles. The number of likely N-dealkylation sites (tertiary alicyclic amines) is 1. The predicted molar refractivity (Wildman–Crippen MR) is 99.5 cm³/mol. The number of carbonyl (C=O) groups is 3. The topological polar surface area (TPSA) is 123 Å². The molecular weight excluding hydrogens is 370 g/mol. The Hall–Kier alpha value is -2.81. The summed E-state index contributed by atoms with van der Waals surface area (Å²) in [6.07, 6.45) is 1.70. The molecule has 1 aromatic rings. The number of ether oxygens (including phenoxy) is 3. The largest absolute Gasteiger partial charge is 0.497 e. The monoisotopic (exact) mass is 397 g/mol. The smallest absolute Gasteiger partial charge is 0.414 e. The number of carboxylic acid groups (broad SMARTS) is 2. The first-order valence-corrected chi connectivity index (χ1v) is 8.88. The summed E-state index contributed by atoms with van der Waals surface area (Å²) < 4.78 is 15.8. The van der Waals surface area contributed by atoms with Gasteiger partial charge < -0.3 is 24.4 Å². The van der Waals surface area contributed by atoms with Gasteiger partial charge in [0.15, 0.2) is 0 Å². The van der Waals surface area contributed by atoms with Crippen LogP contribution in [0.5, 0.6) is 11.5 Å². The van der Waals surface area contributed by atoms with Crippen molar-refractivity contribution in [2.45, 2.75) is 26.3 Å². The summed E-state index contributed by atoms with van der Waals surface area (Å²) in [6, 6.07) is 5.84. The molecule has 0 spiro atoms. The second-order valence-electron chi connectivity index (χ2n) is 6.09. The molecule has 1 aliphatic heterocycles. The van der Waals surface area contributed by atoms with Crippen LogP contribution in [0.25, 0.3) is 0 Å². The number of piperidine rings is 1. The van der Waals surface area contributed by atoms with E-state index in [2.05, 4.69) is 4.90 Å². The normalized spacial score (nSPS) is 14.4. The van der Waals surface area contributed by atoms with E-state index in [1.54, 1.807) is 14.2 Å². The van der Waals surface area contributed by atoms with Crippen LogP contribution in [0.15, 0.2) is 18.2 Å². The van der Waals surface area contributed by atoms with Gasteiger partial charge in [-0.15, -0.1) is 0 Å². The van der Waals surface area contributed by atoms with Crippen LogP contribution in [0.3, 0.4) is 0 Å². The predicted octanol–water partition coefficient (Wildman–Crippen LogP) is 1.63. The number of esters is 1. The molecule has 156 valence electrons. The standard InChI is InChI=1S/C17H25NO4.C2H2O4/c1-4-22-17(19)13-7-9-18(10-8-13)12-14-11-15(20-2)5-6-16(14)21-3;3-1(4)2(5)6/h5-6,11,13H,4,7-10,12H2,1-3H3;(H,3,4)(H,5,6). The van der Waals surface area contributed by atoms with E-state index >= 15 is 0 Å². The highest BCUT2D eigenvalue weighted by atomic mass is 16.5. The Morgan fingerprint density at radius 1 is 1.07 bits per heavy atom. The highest BCUT2D eigenvalue weighted by Crippen LogP contribution is 2.27. The van der Waals surface area contributed by atoms with E-state index < -0.39 is 11.9 Å². The number of hydrogen-bond donors (Lipinski definition) is 2. The van der Waals surface area contributed by atoms with Crippen molar-refractivity contribution in [3.63, 3.8) is 0 Å². The van der Waals surface area contributed by atoms with Gasteiger partial charge in [-0.2, -0.15) is 0 Å². The van der Waals surface area contributed by atoms with Crippen LogP contribution in [-0.4, -0.2) is 66.9 Å². The molecule has 2 N–H and O–H groups in total. The van der Waals surface area contributed by atoms with Gasteiger partial charge in [-0.25, -0.2) is 9.59 Å². The van der Waals surface area contributed by atoms with Gasteiger partial charge in [-0.1, -0.05) is 0 Å². The van der Waals surface area contributed by atoms with E-state index in [0.717, 1.165) is 49.5 Å². The second-order valence-corrected chi connectivity index (χ2v) is 6.09. The first-order chi connectivity index (χ1) is 13.3. The van der Waals surface area contributed by atoms with Gasteiger partial charge in [0.25, 0.3) is 0 Å². The summed E-state index contributed by atoms with van der Waals surface area (Å²) in [5, 5.41) is 14.8. The molecule has 9 heteroatoms. The number of hydrogen-bond acceptors (Lipinski definition) is 7. The van der Waals surface area contributed by atoms with Gasteiger partial charge in [0.2, 0.25) is 0 Å². The number of aliphatic carboxylic acids is 2. The zero-order chi connectivity index (χ0) is 21.1. The lowest BCUT2D eigenvalue weighted by Gasteiger charge is -2.31. The van der Waals surface area contributed by atoms with E-state index in [4.69, 9.17) is 34.0 Å². The van der Waals surface area contributed by atoms with Gasteiger partial charge in [-0.05, 0) is 51.1 Å². The third-order valence-corrected chi connectivity index (χ3v) is 4.27. The Kier molecular flexibility index (Phi) is 9.80. The average Bonchev–Trinajstić information content (AvgIpc) is 2.69. The molecule has 1 heterocycles. The van der Waals surface area contributed by atoms with Crippen LogP contribution in [0.1, 0.15) is 25.3 Å². The summed E-state index contributed by atoms with van der Waals surface area (Å²) in [7, 11) is 3.34. The van der Waals surface area contributed by atoms with Crippen molar-refractivity contribution in [1.82, 2.24) is 4.90 Å². The fourth-order valence-corrected chi connectivity index (χ4v) is 2.83. The number of benzene rings is 1. The van der Waals surface area contributed by atoms with E-state index in [1.807, 2.05) is 25.1 Å². The molecule has 0 atom stereocenters. The first-order valence-electron chi connectivity index (χ1n) is 8.88. The summed E-state index contributed by atoms with van der Waals surface area (Å²) in [5.41, 5.74) is 1.11. The fraction of sp³-hybridized carbons (Fsp3) is 0.526. The van der Waals surface area contributed by atoms with E-state index in [-0.39, 0.29) is 11.9 Å². The SMILES string of the molecule is CCOC(=O)C1CCN(Cc2cc(OC)ccc2OC)CC1.O=C(O)C(=O)O. The van der Waals surface area contributed by atoms with E-state index in [9.17, 15) is 4.79 Å². The minimum absolute atomic E-state index is 0.0448. The van der Waals surface area contributed by atoms with Crippen LogP contribution in [0.2, 0.25) is 0 Å². The Balaban J connectivity index is 0.000000568. The Morgan fingerprint density at radius 2 is 1.68 bits per heavy atom. The maximum absolute atomic E-state index is 11.8. The fourth-order valence-electron chi connectivity index (χ4n) is 2.83. The molecule has 1 fully saturated rings. The molecule has 9 nitrogen and oxygen atoms in total. The van der Waals surface area contributed by atoms with Crippen LogP contribution in [-0.2, 0) is 25.7 Å². The number of carbonyl (C=O) groups excluding carboxylic acids is 1. The molecule has 28 heavy (non-hydrogen) atoms. The lowest BCUT2D eigenvalue weighted by atomic mass is 9.96. The van der Waals surface area contributed by atoms with Crippen molar-refractivity contribution < 1.29 is 38.8 Å². The molecule has 1 aromatic carbocycles. The van der Waals surface area contributed by atoms with Crippen molar-refractivity contribution >= 4 is 17.9 Å². The number of methoxy groups -OCH3 is 2. The van der Waals surface area contributed by atoms with Crippen LogP contribution >= 0.6 is 0 Å². The molecule has 1 aliphatic rings.